The van der Waals surface area contributed by atoms with Crippen molar-refractivity contribution in [1.82, 2.24) is 4.90 Å². The first kappa shape index (κ1) is 23.6. The van der Waals surface area contributed by atoms with Gasteiger partial charge in [-0.05, 0) is 60.4 Å². The van der Waals surface area contributed by atoms with E-state index in [9.17, 15) is 9.50 Å². The van der Waals surface area contributed by atoms with E-state index in [1.807, 2.05) is 30.3 Å². The number of halogens is 1. The maximum Gasteiger partial charge on any atom is 0.150 e. The van der Waals surface area contributed by atoms with Gasteiger partial charge in [0.1, 0.15) is 24.2 Å². The Morgan fingerprint density at radius 1 is 1.00 bits per heavy atom. The van der Waals surface area contributed by atoms with Crippen LogP contribution < -0.4 is 9.47 Å². The lowest BCUT2D eigenvalue weighted by molar-refractivity contribution is 0.0668. The van der Waals surface area contributed by atoms with Gasteiger partial charge in [-0.15, -0.1) is 0 Å². The summed E-state index contributed by atoms with van der Waals surface area (Å²) in [6, 6.07) is 22.5. The number of hydrogen-bond acceptors (Lipinski definition) is 4. The van der Waals surface area contributed by atoms with Crippen molar-refractivity contribution in [3.63, 3.8) is 0 Å². The quantitative estimate of drug-likeness (QED) is 0.447. The Bertz CT molecular complexity index is 1200. The first-order chi connectivity index (χ1) is 17.1. The van der Waals surface area contributed by atoms with Crippen LogP contribution in [0.1, 0.15) is 40.8 Å². The lowest BCUT2D eigenvalue weighted by Crippen LogP contribution is -2.49. The summed E-state index contributed by atoms with van der Waals surface area (Å²) in [4.78, 5) is 2.22. The average Bonchev–Trinajstić information content (AvgIpc) is 2.86. The SMILES string of the molecule is CC1=C(c2ccc(CO)cc2)C(c2ccc(OCCN3CC(CF)C3)cc2)Oc2ccc(C)cc21. The molecule has 2 aliphatic rings. The van der Waals surface area contributed by atoms with E-state index < -0.39 is 0 Å². The molecule has 5 rings (SSSR count). The number of rotatable bonds is 8. The summed E-state index contributed by atoms with van der Waals surface area (Å²) in [6.07, 6.45) is -0.252. The number of alkyl halides is 1. The van der Waals surface area contributed by atoms with Crippen molar-refractivity contribution in [2.75, 3.05) is 32.9 Å². The molecule has 1 unspecified atom stereocenters. The van der Waals surface area contributed by atoms with Crippen LogP contribution in [0, 0.1) is 12.8 Å². The van der Waals surface area contributed by atoms with Crippen molar-refractivity contribution < 1.29 is 19.0 Å². The third kappa shape index (κ3) is 4.97. The Labute approximate surface area is 206 Å². The topological polar surface area (TPSA) is 41.9 Å². The van der Waals surface area contributed by atoms with Gasteiger partial charge in [-0.25, -0.2) is 0 Å². The van der Waals surface area contributed by atoms with Gasteiger partial charge in [-0.2, -0.15) is 0 Å². The highest BCUT2D eigenvalue weighted by atomic mass is 19.1. The molecule has 2 aliphatic heterocycles. The van der Waals surface area contributed by atoms with Gasteiger partial charge in [0.2, 0.25) is 0 Å². The predicted octanol–water partition coefficient (Wildman–Crippen LogP) is 5.83. The van der Waals surface area contributed by atoms with Crippen LogP contribution in [-0.4, -0.2) is 42.9 Å². The summed E-state index contributed by atoms with van der Waals surface area (Å²) >= 11 is 0. The fourth-order valence-electron chi connectivity index (χ4n) is 4.95. The minimum Gasteiger partial charge on any atom is -0.492 e. The highest BCUT2D eigenvalue weighted by Crippen LogP contribution is 2.46. The molecule has 1 saturated heterocycles. The number of hydrogen-bond donors (Lipinski definition) is 1. The van der Waals surface area contributed by atoms with Crippen LogP contribution in [0.5, 0.6) is 11.5 Å². The van der Waals surface area contributed by atoms with E-state index in [4.69, 9.17) is 9.47 Å². The summed E-state index contributed by atoms with van der Waals surface area (Å²) in [5, 5.41) is 9.47. The summed E-state index contributed by atoms with van der Waals surface area (Å²) in [5.74, 6) is 1.90. The van der Waals surface area contributed by atoms with Crippen molar-refractivity contribution in [2.24, 2.45) is 5.92 Å². The molecule has 182 valence electrons. The van der Waals surface area contributed by atoms with E-state index >= 15 is 0 Å². The van der Waals surface area contributed by atoms with Crippen LogP contribution in [0.3, 0.4) is 0 Å². The van der Waals surface area contributed by atoms with Crippen molar-refractivity contribution >= 4 is 11.1 Å². The van der Waals surface area contributed by atoms with Gasteiger partial charge in [0.05, 0.1) is 13.3 Å². The van der Waals surface area contributed by atoms with E-state index in [-0.39, 0.29) is 25.3 Å². The molecule has 0 saturated carbocycles. The molecule has 4 nitrogen and oxygen atoms in total. The van der Waals surface area contributed by atoms with Crippen LogP contribution in [0.25, 0.3) is 11.1 Å². The van der Waals surface area contributed by atoms with Crippen molar-refractivity contribution in [2.45, 2.75) is 26.6 Å². The zero-order chi connectivity index (χ0) is 24.4. The molecular weight excluding hydrogens is 441 g/mol. The van der Waals surface area contributed by atoms with Gasteiger partial charge in [0.25, 0.3) is 0 Å². The monoisotopic (exact) mass is 473 g/mol. The zero-order valence-corrected chi connectivity index (χ0v) is 20.3. The summed E-state index contributed by atoms with van der Waals surface area (Å²) in [5.41, 5.74) is 7.65. The first-order valence-corrected chi connectivity index (χ1v) is 12.3. The van der Waals surface area contributed by atoms with Gasteiger partial charge < -0.3 is 14.6 Å². The number of aliphatic hydroxyl groups excluding tert-OH is 1. The number of likely N-dealkylation sites (tertiary alicyclic amines) is 1. The Morgan fingerprint density at radius 3 is 2.43 bits per heavy atom. The normalized spacial score (nSPS) is 18.1. The molecule has 3 aromatic carbocycles. The molecule has 0 spiro atoms. The standard InChI is InChI=1S/C30H32FNO3/c1-20-3-12-28-27(15-20)21(2)29(24-6-4-22(19-33)5-7-24)30(35-28)25-8-10-26(11-9-25)34-14-13-32-17-23(16-31)18-32/h3-12,15,23,30,33H,13-14,16-19H2,1-2H3. The third-order valence-electron chi connectivity index (χ3n) is 7.01. The molecular formula is C30H32FNO3. The van der Waals surface area contributed by atoms with Crippen molar-refractivity contribution in [3.8, 4) is 11.5 Å². The summed E-state index contributed by atoms with van der Waals surface area (Å²) in [7, 11) is 0. The molecule has 0 aromatic heterocycles. The zero-order valence-electron chi connectivity index (χ0n) is 20.3. The van der Waals surface area contributed by atoms with Crippen LogP contribution >= 0.6 is 0 Å². The molecule has 1 N–H and O–H groups in total. The molecule has 1 atom stereocenters. The first-order valence-electron chi connectivity index (χ1n) is 12.3. The fraction of sp³-hybridized carbons (Fsp3) is 0.333. The van der Waals surface area contributed by atoms with E-state index in [1.54, 1.807) is 0 Å². The van der Waals surface area contributed by atoms with Gasteiger partial charge in [0, 0.05) is 36.7 Å². The van der Waals surface area contributed by atoms with Gasteiger partial charge >= 0.3 is 0 Å². The van der Waals surface area contributed by atoms with Crippen LogP contribution in [-0.2, 0) is 6.61 Å². The number of allylic oxidation sites excluding steroid dienone is 1. The maximum atomic E-state index is 12.6. The number of benzene rings is 3. The highest BCUT2D eigenvalue weighted by molar-refractivity contribution is 5.95. The second-order valence-corrected chi connectivity index (χ2v) is 9.59. The van der Waals surface area contributed by atoms with Crippen LogP contribution in [0.2, 0.25) is 0 Å². The van der Waals surface area contributed by atoms with E-state index in [1.165, 1.54) is 11.1 Å². The molecule has 0 amide bonds. The summed E-state index contributed by atoms with van der Waals surface area (Å²) < 4.78 is 25.1. The second-order valence-electron chi connectivity index (χ2n) is 9.59. The Kier molecular flexibility index (Phi) is 6.89. The van der Waals surface area contributed by atoms with Gasteiger partial charge in [0.15, 0.2) is 0 Å². The van der Waals surface area contributed by atoms with Crippen LogP contribution in [0.15, 0.2) is 66.7 Å². The minimum atomic E-state index is -0.252. The molecule has 0 aliphatic carbocycles. The van der Waals surface area contributed by atoms with Crippen molar-refractivity contribution in [1.29, 1.82) is 0 Å². The van der Waals surface area contributed by atoms with E-state index in [0.29, 0.717) is 6.61 Å². The van der Waals surface area contributed by atoms with Gasteiger partial charge in [-0.3, -0.25) is 9.29 Å². The fourth-order valence-corrected chi connectivity index (χ4v) is 4.95. The Balaban J connectivity index is 1.38. The average molecular weight is 474 g/mol. The van der Waals surface area contributed by atoms with E-state index in [0.717, 1.165) is 59.0 Å². The molecule has 35 heavy (non-hydrogen) atoms. The third-order valence-corrected chi connectivity index (χ3v) is 7.01. The van der Waals surface area contributed by atoms with Crippen molar-refractivity contribution in [3.05, 3.63) is 94.5 Å². The molecule has 0 bridgehead atoms. The molecule has 1 fully saturated rings. The lowest BCUT2D eigenvalue weighted by atomic mass is 9.85. The van der Waals surface area contributed by atoms with E-state index in [2.05, 4.69) is 55.1 Å². The minimum absolute atomic E-state index is 0.0237. The molecule has 2 heterocycles. The van der Waals surface area contributed by atoms with Crippen LogP contribution in [0.4, 0.5) is 4.39 Å². The number of aryl methyl sites for hydroxylation is 1. The molecule has 3 aromatic rings. The second kappa shape index (κ2) is 10.2. The molecule has 5 heteroatoms. The Morgan fingerprint density at radius 2 is 1.74 bits per heavy atom. The number of aliphatic hydroxyl groups is 1. The Hall–Kier alpha value is -3.15. The predicted molar refractivity (Wildman–Crippen MR) is 137 cm³/mol. The van der Waals surface area contributed by atoms with Gasteiger partial charge in [-0.1, -0.05) is 48.0 Å². The maximum absolute atomic E-state index is 12.6. The number of nitrogens with zero attached hydrogens (tertiary/aromatic N) is 1. The largest absolute Gasteiger partial charge is 0.492 e. The summed E-state index contributed by atoms with van der Waals surface area (Å²) in [6.45, 7) is 7.10. The number of fused-ring (bicyclic) bond motifs is 1. The molecule has 0 radical (unpaired) electrons. The smallest absolute Gasteiger partial charge is 0.150 e. The number of ether oxygens (including phenoxy) is 2. The lowest BCUT2D eigenvalue weighted by Gasteiger charge is -2.37. The highest BCUT2D eigenvalue weighted by Gasteiger charge is 2.29.